The summed E-state index contributed by atoms with van der Waals surface area (Å²) in [6, 6.07) is 5.28. The quantitative estimate of drug-likeness (QED) is 0.718. The van der Waals surface area contributed by atoms with E-state index in [1.807, 2.05) is 0 Å². The van der Waals surface area contributed by atoms with Gasteiger partial charge in [-0.15, -0.1) is 0 Å². The fourth-order valence-electron chi connectivity index (χ4n) is 1.09. The lowest BCUT2D eigenvalue weighted by atomic mass is 10.2. The van der Waals surface area contributed by atoms with Crippen molar-refractivity contribution in [3.8, 4) is 0 Å². The fraction of sp³-hybridized carbons (Fsp3) is 0.250. The van der Waals surface area contributed by atoms with Crippen molar-refractivity contribution in [2.24, 2.45) is 0 Å². The van der Waals surface area contributed by atoms with E-state index in [9.17, 15) is 18.4 Å². The summed E-state index contributed by atoms with van der Waals surface area (Å²) in [6.45, 7) is 1.72. The maximum Gasteiger partial charge on any atom is 0.369 e. The van der Waals surface area contributed by atoms with Crippen LogP contribution in [0.2, 0.25) is 0 Å². The first-order chi connectivity index (χ1) is 7.15. The lowest BCUT2D eigenvalue weighted by Gasteiger charge is -2.17. The lowest BCUT2D eigenvalue weighted by molar-refractivity contribution is 0.323. The second kappa shape index (κ2) is 4.40. The Labute approximate surface area is 91.5 Å². The molecule has 0 fully saturated rings. The van der Waals surface area contributed by atoms with E-state index in [-0.39, 0.29) is 5.30 Å². The molecule has 0 heterocycles. The zero-order valence-electron chi connectivity index (χ0n) is 8.32. The largest absolute Gasteiger partial charge is 0.369 e. The Morgan fingerprint density at radius 2 is 1.56 bits per heavy atom. The Morgan fingerprint density at radius 3 is 1.94 bits per heavy atom. The summed E-state index contributed by atoms with van der Waals surface area (Å²) in [6.07, 6.45) is 0. The van der Waals surface area contributed by atoms with Crippen molar-refractivity contribution >= 4 is 20.3 Å². The fourth-order valence-corrected chi connectivity index (χ4v) is 3.94. The van der Waals surface area contributed by atoms with Crippen LogP contribution in [0.1, 0.15) is 5.56 Å². The molecule has 2 atom stereocenters. The van der Waals surface area contributed by atoms with E-state index in [1.54, 1.807) is 6.92 Å². The molecular formula is C8H11FO5P2. The molecule has 90 valence electrons. The third-order valence-electron chi connectivity index (χ3n) is 1.97. The first kappa shape index (κ1) is 13.6. The van der Waals surface area contributed by atoms with Crippen LogP contribution in [0.4, 0.5) is 4.39 Å². The molecule has 0 aliphatic rings. The van der Waals surface area contributed by atoms with Gasteiger partial charge in [-0.3, -0.25) is 9.13 Å². The maximum atomic E-state index is 13.2. The SMILES string of the molecule is Cc1ccc(P(=O)(O)C(F)P(=O)(O)O)cc1. The number of rotatable bonds is 3. The highest BCUT2D eigenvalue weighted by atomic mass is 31.2. The van der Waals surface area contributed by atoms with E-state index < -0.39 is 20.6 Å². The summed E-state index contributed by atoms with van der Waals surface area (Å²) < 4.78 is 35.4. The molecule has 0 aromatic heterocycles. The summed E-state index contributed by atoms with van der Waals surface area (Å²) in [5.74, 6) is 0. The Morgan fingerprint density at radius 1 is 1.12 bits per heavy atom. The van der Waals surface area contributed by atoms with Crippen LogP contribution in [0.5, 0.6) is 0 Å². The number of hydrogen-bond acceptors (Lipinski definition) is 2. The second-order valence-corrected chi connectivity index (χ2v) is 7.61. The van der Waals surface area contributed by atoms with Gasteiger partial charge in [0, 0.05) is 5.30 Å². The van der Waals surface area contributed by atoms with E-state index in [0.717, 1.165) is 5.56 Å². The minimum atomic E-state index is -5.24. The molecule has 16 heavy (non-hydrogen) atoms. The molecule has 1 rings (SSSR count). The third-order valence-corrected chi connectivity index (χ3v) is 5.98. The number of alkyl halides is 1. The van der Waals surface area contributed by atoms with Crippen LogP contribution in [0, 0.1) is 6.92 Å². The predicted octanol–water partition coefficient (Wildman–Crippen LogP) is 1.32. The van der Waals surface area contributed by atoms with Crippen LogP contribution in [-0.2, 0) is 9.13 Å². The zero-order chi connectivity index (χ0) is 12.6. The van der Waals surface area contributed by atoms with Crippen LogP contribution in [0.3, 0.4) is 0 Å². The molecular weight excluding hydrogens is 257 g/mol. The molecule has 0 bridgehead atoms. The highest BCUT2D eigenvalue weighted by molar-refractivity contribution is 7.78. The number of aryl methyl sites for hydroxylation is 1. The van der Waals surface area contributed by atoms with Crippen LogP contribution >= 0.6 is 15.0 Å². The monoisotopic (exact) mass is 268 g/mol. The first-order valence-corrected chi connectivity index (χ1v) is 7.66. The van der Waals surface area contributed by atoms with Crippen molar-refractivity contribution in [3.63, 3.8) is 0 Å². The van der Waals surface area contributed by atoms with Gasteiger partial charge in [0.1, 0.15) is 0 Å². The van der Waals surface area contributed by atoms with Gasteiger partial charge >= 0.3 is 7.60 Å². The van der Waals surface area contributed by atoms with Gasteiger partial charge in [-0.1, -0.05) is 17.7 Å². The molecule has 8 heteroatoms. The Hall–Kier alpha value is -0.510. The smallest absolute Gasteiger partial charge is 0.339 e. The van der Waals surface area contributed by atoms with E-state index >= 15 is 0 Å². The summed E-state index contributed by atoms with van der Waals surface area (Å²) in [5.41, 5.74) is -2.29. The Balaban J connectivity index is 3.17. The van der Waals surface area contributed by atoms with Crippen molar-refractivity contribution in [1.29, 1.82) is 0 Å². The molecule has 0 amide bonds. The number of halogens is 1. The van der Waals surface area contributed by atoms with Crippen molar-refractivity contribution in [2.75, 3.05) is 0 Å². The molecule has 1 aromatic rings. The number of hydrogen-bond donors (Lipinski definition) is 3. The highest BCUT2D eigenvalue weighted by Crippen LogP contribution is 2.62. The normalized spacial score (nSPS) is 17.8. The number of benzene rings is 1. The summed E-state index contributed by atoms with van der Waals surface area (Å²) in [4.78, 5) is 26.5. The Kier molecular flexibility index (Phi) is 3.72. The van der Waals surface area contributed by atoms with E-state index in [2.05, 4.69) is 0 Å². The molecule has 0 spiro atoms. The molecule has 3 N–H and O–H groups in total. The predicted molar refractivity (Wildman–Crippen MR) is 57.6 cm³/mol. The topological polar surface area (TPSA) is 94.8 Å². The van der Waals surface area contributed by atoms with Crippen LogP contribution in [-0.4, -0.2) is 20.3 Å². The molecule has 0 aliphatic heterocycles. The molecule has 5 nitrogen and oxygen atoms in total. The van der Waals surface area contributed by atoms with Gasteiger partial charge < -0.3 is 14.7 Å². The second-order valence-electron chi connectivity index (χ2n) is 3.36. The third kappa shape index (κ3) is 2.78. The van der Waals surface area contributed by atoms with Gasteiger partial charge in [-0.25, -0.2) is 4.39 Å². The van der Waals surface area contributed by atoms with E-state index in [4.69, 9.17) is 9.79 Å². The standard InChI is InChI=1S/C8H11FO5P2/c1-6-2-4-7(5-3-6)15(10,11)8(9)16(12,13)14/h2-5,8H,1H3,(H,10,11)(H2,12,13,14). The van der Waals surface area contributed by atoms with Gasteiger partial charge in [0.05, 0.1) is 0 Å². The molecule has 0 radical (unpaired) electrons. The van der Waals surface area contributed by atoms with E-state index in [0.29, 0.717) is 0 Å². The minimum Gasteiger partial charge on any atom is -0.339 e. The summed E-state index contributed by atoms with van der Waals surface area (Å²) in [5, 5.41) is -0.311. The van der Waals surface area contributed by atoms with Gasteiger partial charge in [0.2, 0.25) is 0 Å². The summed E-state index contributed by atoms with van der Waals surface area (Å²) in [7, 11) is -9.94. The lowest BCUT2D eigenvalue weighted by Crippen LogP contribution is -2.13. The van der Waals surface area contributed by atoms with Gasteiger partial charge in [-0.2, -0.15) is 0 Å². The summed E-state index contributed by atoms with van der Waals surface area (Å²) >= 11 is 0. The van der Waals surface area contributed by atoms with Crippen molar-refractivity contribution in [2.45, 2.75) is 12.6 Å². The van der Waals surface area contributed by atoms with Gasteiger partial charge in [0.25, 0.3) is 13.0 Å². The van der Waals surface area contributed by atoms with Crippen molar-refractivity contribution < 1.29 is 28.2 Å². The molecule has 0 aliphatic carbocycles. The van der Waals surface area contributed by atoms with E-state index in [1.165, 1.54) is 24.3 Å². The first-order valence-electron chi connectivity index (χ1n) is 4.24. The van der Waals surface area contributed by atoms with Crippen LogP contribution < -0.4 is 5.30 Å². The van der Waals surface area contributed by atoms with Crippen molar-refractivity contribution in [3.05, 3.63) is 29.8 Å². The van der Waals surface area contributed by atoms with Gasteiger partial charge in [-0.05, 0) is 19.1 Å². The van der Waals surface area contributed by atoms with Gasteiger partial charge in [0.15, 0.2) is 0 Å². The average molecular weight is 268 g/mol. The molecule has 0 saturated carbocycles. The maximum absolute atomic E-state index is 13.2. The highest BCUT2D eigenvalue weighted by Gasteiger charge is 2.45. The Bertz CT molecular complexity index is 466. The average Bonchev–Trinajstić information content (AvgIpc) is 2.16. The van der Waals surface area contributed by atoms with Crippen molar-refractivity contribution in [1.82, 2.24) is 0 Å². The molecule has 0 saturated heterocycles. The van der Waals surface area contributed by atoms with Crippen LogP contribution in [0.25, 0.3) is 0 Å². The minimum absolute atomic E-state index is 0.311. The zero-order valence-corrected chi connectivity index (χ0v) is 10.1. The van der Waals surface area contributed by atoms with Crippen LogP contribution in [0.15, 0.2) is 24.3 Å². The molecule has 2 unspecified atom stereocenters. The molecule has 1 aromatic carbocycles.